The molecule has 0 saturated carbocycles. The highest BCUT2D eigenvalue weighted by molar-refractivity contribution is 5.77. The summed E-state index contributed by atoms with van der Waals surface area (Å²) in [5.41, 5.74) is 1.17. The quantitative estimate of drug-likeness (QED) is 0.817. The number of amides is 1. The monoisotopic (exact) mass is 327 g/mol. The Morgan fingerprint density at radius 2 is 2.29 bits per heavy atom. The fourth-order valence-electron chi connectivity index (χ4n) is 3.44. The Hall–Kier alpha value is -2.30. The van der Waals surface area contributed by atoms with Gasteiger partial charge in [-0.05, 0) is 43.9 Å². The van der Waals surface area contributed by atoms with E-state index in [-0.39, 0.29) is 11.9 Å². The number of methoxy groups -OCH3 is 1. The van der Waals surface area contributed by atoms with Crippen LogP contribution in [0.2, 0.25) is 0 Å². The van der Waals surface area contributed by atoms with Crippen LogP contribution in [0.25, 0.3) is 0 Å². The molecule has 1 atom stereocenters. The molecular weight excluding hydrogens is 302 g/mol. The van der Waals surface area contributed by atoms with E-state index in [2.05, 4.69) is 15.6 Å². The summed E-state index contributed by atoms with van der Waals surface area (Å²) in [5.74, 6) is 2.10. The zero-order valence-electron chi connectivity index (χ0n) is 14.4. The maximum Gasteiger partial charge on any atom is 0.223 e. The Morgan fingerprint density at radius 1 is 1.42 bits per heavy atom. The third kappa shape index (κ3) is 3.61. The van der Waals surface area contributed by atoms with E-state index >= 15 is 0 Å². The summed E-state index contributed by atoms with van der Waals surface area (Å²) >= 11 is 0. The molecule has 1 aromatic heterocycles. The molecule has 0 aliphatic carbocycles. The number of aromatic nitrogens is 2. The van der Waals surface area contributed by atoms with Crippen LogP contribution in [0.3, 0.4) is 0 Å². The van der Waals surface area contributed by atoms with Crippen molar-refractivity contribution in [3.63, 3.8) is 0 Å². The minimum absolute atomic E-state index is 0.183. The molecule has 3 rings (SSSR count). The molecule has 0 spiro atoms. The van der Waals surface area contributed by atoms with Crippen LogP contribution in [0.4, 0.5) is 0 Å². The number of aryl methyl sites for hydroxylation is 2. The maximum atomic E-state index is 12.7. The zero-order valence-corrected chi connectivity index (χ0v) is 14.4. The number of nitrogens with zero attached hydrogens (tertiary/aromatic N) is 3. The van der Waals surface area contributed by atoms with Crippen molar-refractivity contribution in [1.29, 1.82) is 0 Å². The van der Waals surface area contributed by atoms with Gasteiger partial charge in [-0.1, -0.05) is 12.1 Å². The molecule has 2 heterocycles. The van der Waals surface area contributed by atoms with Gasteiger partial charge in [-0.3, -0.25) is 4.79 Å². The van der Waals surface area contributed by atoms with Crippen LogP contribution in [0.1, 0.15) is 43.1 Å². The summed E-state index contributed by atoms with van der Waals surface area (Å²) in [6.45, 7) is 3.68. The first kappa shape index (κ1) is 16.6. The molecule has 1 aromatic carbocycles. The Kier molecular flexibility index (Phi) is 5.18. The number of imidazole rings is 1. The second-order valence-electron chi connectivity index (χ2n) is 6.29. The smallest absolute Gasteiger partial charge is 0.223 e. The minimum Gasteiger partial charge on any atom is -0.497 e. The predicted molar refractivity (Wildman–Crippen MR) is 92.9 cm³/mol. The average molecular weight is 327 g/mol. The van der Waals surface area contributed by atoms with Crippen LogP contribution in [-0.4, -0.2) is 34.0 Å². The van der Waals surface area contributed by atoms with Gasteiger partial charge in [-0.2, -0.15) is 0 Å². The van der Waals surface area contributed by atoms with Crippen molar-refractivity contribution >= 4 is 5.91 Å². The average Bonchev–Trinajstić information content (AvgIpc) is 3.24. The lowest BCUT2D eigenvalue weighted by Gasteiger charge is -2.25. The second kappa shape index (κ2) is 7.51. The van der Waals surface area contributed by atoms with E-state index in [9.17, 15) is 4.79 Å². The van der Waals surface area contributed by atoms with Crippen LogP contribution in [0.5, 0.6) is 5.75 Å². The molecule has 2 aromatic rings. The van der Waals surface area contributed by atoms with Crippen molar-refractivity contribution < 1.29 is 9.53 Å². The summed E-state index contributed by atoms with van der Waals surface area (Å²) in [6.07, 6.45) is 7.29. The highest BCUT2D eigenvalue weighted by Crippen LogP contribution is 2.34. The number of benzene rings is 1. The molecule has 1 fully saturated rings. The molecular formula is C19H25N3O2. The van der Waals surface area contributed by atoms with Crippen molar-refractivity contribution in [2.24, 2.45) is 0 Å². The van der Waals surface area contributed by atoms with Crippen LogP contribution in [0.15, 0.2) is 36.7 Å². The van der Waals surface area contributed by atoms with Crippen molar-refractivity contribution in [3.05, 3.63) is 48.0 Å². The summed E-state index contributed by atoms with van der Waals surface area (Å²) in [5, 5.41) is 0. The second-order valence-corrected chi connectivity index (χ2v) is 6.29. The number of carbonyl (C=O) groups excluding carboxylic acids is 1. The van der Waals surface area contributed by atoms with E-state index in [1.54, 1.807) is 13.3 Å². The Bertz CT molecular complexity index is 695. The van der Waals surface area contributed by atoms with Crippen LogP contribution < -0.4 is 4.74 Å². The normalized spacial score (nSPS) is 17.2. The third-order valence-corrected chi connectivity index (χ3v) is 4.77. The first-order valence-corrected chi connectivity index (χ1v) is 8.60. The lowest BCUT2D eigenvalue weighted by Crippen LogP contribution is -2.30. The number of hydrogen-bond donors (Lipinski definition) is 0. The SMILES string of the molecule is COc1cccc([C@@H]2CCCN2C(=O)CCCn2ccnc2C)c1. The standard InChI is InChI=1S/C19H25N3O2/c1-15-20-10-13-21(15)11-5-9-19(23)22-12-4-8-18(22)16-6-3-7-17(14-16)24-2/h3,6-7,10,13-14,18H,4-5,8-9,11-12H2,1-2H3/t18-/m0/s1. The molecule has 5 nitrogen and oxygen atoms in total. The summed E-state index contributed by atoms with van der Waals surface area (Å²) in [6, 6.07) is 8.26. The number of ether oxygens (including phenoxy) is 1. The third-order valence-electron chi connectivity index (χ3n) is 4.77. The number of carbonyl (C=O) groups is 1. The fraction of sp³-hybridized carbons (Fsp3) is 0.474. The van der Waals surface area contributed by atoms with Crippen molar-refractivity contribution in [1.82, 2.24) is 14.5 Å². The zero-order chi connectivity index (χ0) is 16.9. The first-order valence-electron chi connectivity index (χ1n) is 8.60. The summed E-state index contributed by atoms with van der Waals surface area (Å²) < 4.78 is 7.41. The molecule has 0 radical (unpaired) electrons. The van der Waals surface area contributed by atoms with E-state index in [0.29, 0.717) is 6.42 Å². The first-order chi connectivity index (χ1) is 11.7. The number of likely N-dealkylation sites (tertiary alicyclic amines) is 1. The van der Waals surface area contributed by atoms with E-state index in [1.165, 1.54) is 5.56 Å². The molecule has 0 bridgehead atoms. The fourth-order valence-corrected chi connectivity index (χ4v) is 3.44. The molecule has 1 amide bonds. The van der Waals surface area contributed by atoms with Gasteiger partial charge in [0.25, 0.3) is 0 Å². The van der Waals surface area contributed by atoms with Crippen molar-refractivity contribution in [2.45, 2.75) is 45.2 Å². The van der Waals surface area contributed by atoms with E-state index in [0.717, 1.165) is 43.9 Å². The van der Waals surface area contributed by atoms with Crippen LogP contribution in [0, 0.1) is 6.92 Å². The van der Waals surface area contributed by atoms with Gasteiger partial charge >= 0.3 is 0 Å². The topological polar surface area (TPSA) is 47.4 Å². The molecule has 24 heavy (non-hydrogen) atoms. The van der Waals surface area contributed by atoms with Gasteiger partial charge < -0.3 is 14.2 Å². The molecule has 5 heteroatoms. The highest BCUT2D eigenvalue weighted by atomic mass is 16.5. The molecule has 1 aliphatic rings. The minimum atomic E-state index is 0.183. The van der Waals surface area contributed by atoms with Crippen LogP contribution in [-0.2, 0) is 11.3 Å². The van der Waals surface area contributed by atoms with Gasteiger partial charge in [0.05, 0.1) is 13.2 Å². The Balaban J connectivity index is 1.60. The molecule has 1 saturated heterocycles. The van der Waals surface area contributed by atoms with Gasteiger partial charge in [0.2, 0.25) is 5.91 Å². The Morgan fingerprint density at radius 3 is 3.04 bits per heavy atom. The summed E-state index contributed by atoms with van der Waals surface area (Å²) in [7, 11) is 1.68. The van der Waals surface area contributed by atoms with Gasteiger partial charge in [0.1, 0.15) is 11.6 Å². The van der Waals surface area contributed by atoms with Gasteiger partial charge in [-0.15, -0.1) is 0 Å². The van der Waals surface area contributed by atoms with Crippen molar-refractivity contribution in [2.75, 3.05) is 13.7 Å². The molecule has 0 unspecified atom stereocenters. The van der Waals surface area contributed by atoms with Gasteiger partial charge in [0, 0.05) is 31.9 Å². The van der Waals surface area contributed by atoms with Crippen molar-refractivity contribution in [3.8, 4) is 5.75 Å². The highest BCUT2D eigenvalue weighted by Gasteiger charge is 2.29. The van der Waals surface area contributed by atoms with Gasteiger partial charge in [-0.25, -0.2) is 4.98 Å². The summed E-state index contributed by atoms with van der Waals surface area (Å²) in [4.78, 5) is 18.9. The van der Waals surface area contributed by atoms with E-state index < -0.39 is 0 Å². The van der Waals surface area contributed by atoms with Gasteiger partial charge in [0.15, 0.2) is 0 Å². The van der Waals surface area contributed by atoms with E-state index in [1.807, 2.05) is 36.2 Å². The largest absolute Gasteiger partial charge is 0.497 e. The maximum absolute atomic E-state index is 12.7. The number of rotatable bonds is 6. The molecule has 1 aliphatic heterocycles. The lowest BCUT2D eigenvalue weighted by molar-refractivity contribution is -0.132. The lowest BCUT2D eigenvalue weighted by atomic mass is 10.0. The predicted octanol–water partition coefficient (Wildman–Crippen LogP) is 3.34. The molecule has 128 valence electrons. The Labute approximate surface area is 143 Å². The number of hydrogen-bond acceptors (Lipinski definition) is 3. The van der Waals surface area contributed by atoms with E-state index in [4.69, 9.17) is 4.74 Å². The van der Waals surface area contributed by atoms with Crippen LogP contribution >= 0.6 is 0 Å². The molecule has 0 N–H and O–H groups in total.